The normalized spacial score (nSPS) is 20.6. The predicted molar refractivity (Wildman–Crippen MR) is 66.1 cm³/mol. The van der Waals surface area contributed by atoms with E-state index in [-0.39, 0.29) is 11.4 Å². The Hall–Kier alpha value is -1.14. The smallest absolute Gasteiger partial charge is 0.322 e. The highest BCUT2D eigenvalue weighted by Crippen LogP contribution is 2.24. The monoisotopic (exact) mass is 270 g/mol. The summed E-state index contributed by atoms with van der Waals surface area (Å²) in [5, 5.41) is 0.181. The average molecular weight is 271 g/mol. The molecule has 1 aromatic rings. The summed E-state index contributed by atoms with van der Waals surface area (Å²) in [5.74, 6) is 0.577. The molecule has 0 atom stereocenters. The van der Waals surface area contributed by atoms with Gasteiger partial charge in [-0.1, -0.05) is 0 Å². The van der Waals surface area contributed by atoms with Crippen LogP contribution in [0.4, 0.5) is 5.95 Å². The van der Waals surface area contributed by atoms with Crippen molar-refractivity contribution in [1.29, 1.82) is 0 Å². The molecule has 1 aliphatic carbocycles. The Kier molecular flexibility index (Phi) is 3.47. The summed E-state index contributed by atoms with van der Waals surface area (Å²) in [4.78, 5) is 14.5. The quantitative estimate of drug-likeness (QED) is 0.825. The van der Waals surface area contributed by atoms with Gasteiger partial charge >= 0.3 is 6.01 Å². The third-order valence-corrected chi connectivity index (χ3v) is 3.36. The maximum atomic E-state index is 5.91. The Morgan fingerprint density at radius 3 is 2.61 bits per heavy atom. The highest BCUT2D eigenvalue weighted by Gasteiger charge is 2.22. The number of ether oxygens (including phenoxy) is 2. The van der Waals surface area contributed by atoms with Crippen molar-refractivity contribution in [2.45, 2.75) is 25.4 Å². The topological polar surface area (TPSA) is 60.4 Å². The van der Waals surface area contributed by atoms with Crippen LogP contribution >= 0.6 is 11.6 Å². The van der Waals surface area contributed by atoms with Crippen molar-refractivity contribution in [1.82, 2.24) is 15.0 Å². The number of morpholine rings is 1. The van der Waals surface area contributed by atoms with E-state index in [1.54, 1.807) is 0 Å². The molecule has 6 nitrogen and oxygen atoms in total. The molecular formula is C11H15ClN4O2. The molecule has 1 aliphatic heterocycles. The molecule has 1 aromatic heterocycles. The zero-order valence-electron chi connectivity index (χ0n) is 10.0. The first kappa shape index (κ1) is 11.9. The van der Waals surface area contributed by atoms with E-state index < -0.39 is 0 Å². The van der Waals surface area contributed by atoms with Gasteiger partial charge in [-0.05, 0) is 30.9 Å². The van der Waals surface area contributed by atoms with Gasteiger partial charge in [-0.2, -0.15) is 15.0 Å². The molecule has 0 aromatic carbocycles. The molecule has 0 spiro atoms. The van der Waals surface area contributed by atoms with Gasteiger partial charge in [0.15, 0.2) is 0 Å². The second-order valence-electron chi connectivity index (χ2n) is 4.46. The number of halogens is 1. The fourth-order valence-electron chi connectivity index (χ4n) is 1.92. The lowest BCUT2D eigenvalue weighted by molar-refractivity contribution is 0.107. The number of nitrogens with zero attached hydrogens (tertiary/aromatic N) is 4. The molecule has 2 aliphatic rings. The average Bonchev–Trinajstić information content (AvgIpc) is 2.34. The van der Waals surface area contributed by atoms with Crippen LogP contribution in [0.1, 0.15) is 19.3 Å². The summed E-state index contributed by atoms with van der Waals surface area (Å²) in [6.07, 6.45) is 3.58. The molecule has 0 N–H and O–H groups in total. The highest BCUT2D eigenvalue weighted by atomic mass is 35.5. The first-order valence-corrected chi connectivity index (χ1v) is 6.60. The van der Waals surface area contributed by atoms with Gasteiger partial charge < -0.3 is 14.4 Å². The van der Waals surface area contributed by atoms with E-state index in [2.05, 4.69) is 15.0 Å². The molecule has 2 heterocycles. The number of aromatic nitrogens is 3. The van der Waals surface area contributed by atoms with Gasteiger partial charge in [0.1, 0.15) is 6.10 Å². The Bertz CT molecular complexity index is 422. The lowest BCUT2D eigenvalue weighted by atomic mass is 9.96. The van der Waals surface area contributed by atoms with Crippen LogP contribution in [-0.2, 0) is 4.74 Å². The molecule has 18 heavy (non-hydrogen) atoms. The maximum Gasteiger partial charge on any atom is 0.322 e. The fourth-order valence-corrected chi connectivity index (χ4v) is 2.07. The molecule has 0 radical (unpaired) electrons. The number of hydrogen-bond acceptors (Lipinski definition) is 6. The Labute approximate surface area is 110 Å². The summed E-state index contributed by atoms with van der Waals surface area (Å²) < 4.78 is 11.0. The standard InChI is InChI=1S/C11H15ClN4O2/c12-9-13-10(16-4-6-17-7-5-16)15-11(14-9)18-8-2-1-3-8/h8H,1-7H2. The summed E-state index contributed by atoms with van der Waals surface area (Å²) in [5.41, 5.74) is 0. The van der Waals surface area contributed by atoms with Gasteiger partial charge in [-0.3, -0.25) is 0 Å². The van der Waals surface area contributed by atoms with Crippen LogP contribution in [0.3, 0.4) is 0 Å². The van der Waals surface area contributed by atoms with Crippen molar-refractivity contribution < 1.29 is 9.47 Å². The first-order valence-electron chi connectivity index (χ1n) is 6.22. The number of anilines is 1. The summed E-state index contributed by atoms with van der Waals surface area (Å²) in [6.45, 7) is 2.90. The molecule has 1 saturated carbocycles. The van der Waals surface area contributed by atoms with Crippen LogP contribution in [0, 0.1) is 0 Å². The van der Waals surface area contributed by atoms with Gasteiger partial charge in [0, 0.05) is 13.1 Å². The molecule has 2 fully saturated rings. The molecule has 0 amide bonds. The summed E-state index contributed by atoms with van der Waals surface area (Å²) >= 11 is 5.91. The van der Waals surface area contributed by atoms with Crippen molar-refractivity contribution >= 4 is 17.5 Å². The van der Waals surface area contributed by atoms with E-state index in [4.69, 9.17) is 21.1 Å². The maximum absolute atomic E-state index is 5.91. The Balaban J connectivity index is 1.75. The van der Waals surface area contributed by atoms with Gasteiger partial charge in [-0.15, -0.1) is 0 Å². The summed E-state index contributed by atoms with van der Waals surface area (Å²) in [6, 6.07) is 0.334. The molecular weight excluding hydrogens is 256 g/mol. The van der Waals surface area contributed by atoms with Gasteiger partial charge in [0.2, 0.25) is 11.2 Å². The second kappa shape index (κ2) is 5.24. The second-order valence-corrected chi connectivity index (χ2v) is 4.80. The van der Waals surface area contributed by atoms with E-state index in [1.165, 1.54) is 6.42 Å². The zero-order valence-corrected chi connectivity index (χ0v) is 10.8. The van der Waals surface area contributed by atoms with E-state index in [9.17, 15) is 0 Å². The zero-order chi connectivity index (χ0) is 12.4. The minimum absolute atomic E-state index is 0.181. The largest absolute Gasteiger partial charge is 0.460 e. The van der Waals surface area contributed by atoms with E-state index in [0.29, 0.717) is 25.2 Å². The molecule has 0 unspecified atom stereocenters. The van der Waals surface area contributed by atoms with Crippen molar-refractivity contribution in [3.05, 3.63) is 5.28 Å². The number of rotatable bonds is 3. The fraction of sp³-hybridized carbons (Fsp3) is 0.727. The lowest BCUT2D eigenvalue weighted by Gasteiger charge is -2.28. The molecule has 98 valence electrons. The SMILES string of the molecule is Clc1nc(OC2CCC2)nc(N2CCOCC2)n1. The third-order valence-electron chi connectivity index (χ3n) is 3.19. The van der Waals surface area contributed by atoms with Crippen LogP contribution in [0.15, 0.2) is 0 Å². The van der Waals surface area contributed by atoms with E-state index in [0.717, 1.165) is 25.9 Å². The first-order chi connectivity index (χ1) is 8.81. The van der Waals surface area contributed by atoms with Crippen molar-refractivity contribution in [2.75, 3.05) is 31.2 Å². The predicted octanol–water partition coefficient (Wildman–Crippen LogP) is 1.29. The molecule has 0 bridgehead atoms. The minimum atomic E-state index is 0.181. The van der Waals surface area contributed by atoms with Gasteiger partial charge in [-0.25, -0.2) is 0 Å². The van der Waals surface area contributed by atoms with Crippen LogP contribution < -0.4 is 9.64 Å². The van der Waals surface area contributed by atoms with Gasteiger partial charge in [0.05, 0.1) is 13.2 Å². The van der Waals surface area contributed by atoms with Crippen LogP contribution in [0.25, 0.3) is 0 Å². The van der Waals surface area contributed by atoms with Crippen LogP contribution in [-0.4, -0.2) is 47.4 Å². The van der Waals surface area contributed by atoms with Crippen LogP contribution in [0.2, 0.25) is 5.28 Å². The van der Waals surface area contributed by atoms with Crippen molar-refractivity contribution in [3.63, 3.8) is 0 Å². The number of hydrogen-bond donors (Lipinski definition) is 0. The Morgan fingerprint density at radius 1 is 1.17 bits per heavy atom. The van der Waals surface area contributed by atoms with Crippen LogP contribution in [0.5, 0.6) is 6.01 Å². The molecule has 7 heteroatoms. The van der Waals surface area contributed by atoms with Crippen molar-refractivity contribution in [3.8, 4) is 6.01 Å². The highest BCUT2D eigenvalue weighted by molar-refractivity contribution is 6.28. The Morgan fingerprint density at radius 2 is 1.94 bits per heavy atom. The summed E-state index contributed by atoms with van der Waals surface area (Å²) in [7, 11) is 0. The lowest BCUT2D eigenvalue weighted by Crippen LogP contribution is -2.37. The van der Waals surface area contributed by atoms with Gasteiger partial charge in [0.25, 0.3) is 0 Å². The van der Waals surface area contributed by atoms with E-state index >= 15 is 0 Å². The van der Waals surface area contributed by atoms with Crippen molar-refractivity contribution in [2.24, 2.45) is 0 Å². The molecule has 1 saturated heterocycles. The van der Waals surface area contributed by atoms with E-state index in [1.807, 2.05) is 4.90 Å². The third kappa shape index (κ3) is 2.64. The molecule has 3 rings (SSSR count). The minimum Gasteiger partial charge on any atom is -0.460 e.